The van der Waals surface area contributed by atoms with Gasteiger partial charge in [0.05, 0.1) is 6.54 Å². The summed E-state index contributed by atoms with van der Waals surface area (Å²) in [5, 5.41) is 11.0. The van der Waals surface area contributed by atoms with E-state index in [0.29, 0.717) is 5.92 Å². The van der Waals surface area contributed by atoms with Gasteiger partial charge >= 0.3 is 5.97 Å². The van der Waals surface area contributed by atoms with Gasteiger partial charge in [0.15, 0.2) is 0 Å². The molecule has 0 aromatic rings. The van der Waals surface area contributed by atoms with Crippen LogP contribution in [0, 0.1) is 5.92 Å². The van der Waals surface area contributed by atoms with Crippen LogP contribution < -0.4 is 5.32 Å². The largest absolute Gasteiger partial charge is 0.480 e. The van der Waals surface area contributed by atoms with Crippen molar-refractivity contribution in [1.29, 1.82) is 0 Å². The summed E-state index contributed by atoms with van der Waals surface area (Å²) in [5.41, 5.74) is 0. The zero-order valence-corrected chi connectivity index (χ0v) is 6.55. The molecule has 3 nitrogen and oxygen atoms in total. The number of carboxylic acid groups (broad SMARTS) is 1. The van der Waals surface area contributed by atoms with Crippen LogP contribution >= 0.6 is 0 Å². The molecule has 0 radical (unpaired) electrons. The number of hydrogen-bond acceptors (Lipinski definition) is 2. The molecule has 0 aliphatic heterocycles. The Morgan fingerprint density at radius 1 is 1.60 bits per heavy atom. The summed E-state index contributed by atoms with van der Waals surface area (Å²) in [5.74, 6) is -0.148. The second kappa shape index (κ2) is 5.23. The van der Waals surface area contributed by atoms with Crippen LogP contribution in [-0.2, 0) is 4.79 Å². The molecule has 0 unspecified atom stereocenters. The van der Waals surface area contributed by atoms with E-state index in [1.54, 1.807) is 0 Å². The van der Waals surface area contributed by atoms with Crippen LogP contribution in [0.15, 0.2) is 0 Å². The van der Waals surface area contributed by atoms with Gasteiger partial charge in [0, 0.05) is 0 Å². The maximum atomic E-state index is 9.98. The van der Waals surface area contributed by atoms with Crippen LogP contribution in [0.3, 0.4) is 0 Å². The van der Waals surface area contributed by atoms with E-state index in [0.717, 1.165) is 13.0 Å². The van der Waals surface area contributed by atoms with Crippen molar-refractivity contribution >= 4 is 5.97 Å². The van der Waals surface area contributed by atoms with Gasteiger partial charge in [0.25, 0.3) is 0 Å². The van der Waals surface area contributed by atoms with Crippen LogP contribution in [0.2, 0.25) is 0 Å². The lowest BCUT2D eigenvalue weighted by Gasteiger charge is -2.03. The number of hydrogen-bond donors (Lipinski definition) is 2. The number of carboxylic acids is 1. The van der Waals surface area contributed by atoms with E-state index in [1.807, 2.05) is 0 Å². The maximum absolute atomic E-state index is 9.98. The van der Waals surface area contributed by atoms with Crippen LogP contribution in [0.5, 0.6) is 0 Å². The molecule has 0 aliphatic carbocycles. The zero-order valence-electron chi connectivity index (χ0n) is 6.55. The maximum Gasteiger partial charge on any atom is 0.317 e. The Morgan fingerprint density at radius 3 is 2.60 bits per heavy atom. The molecule has 0 atom stereocenters. The third-order valence-electron chi connectivity index (χ3n) is 1.17. The van der Waals surface area contributed by atoms with Gasteiger partial charge in [-0.2, -0.15) is 0 Å². The molecule has 0 aliphatic rings. The fourth-order valence-electron chi connectivity index (χ4n) is 0.586. The Balaban J connectivity index is 2.98. The van der Waals surface area contributed by atoms with Crippen molar-refractivity contribution < 1.29 is 9.90 Å². The number of nitrogens with one attached hydrogen (secondary N) is 1. The van der Waals surface area contributed by atoms with Gasteiger partial charge in [-0.3, -0.25) is 4.79 Å². The molecule has 0 rings (SSSR count). The highest BCUT2D eigenvalue weighted by Crippen LogP contribution is 1.95. The van der Waals surface area contributed by atoms with Crippen molar-refractivity contribution in [2.45, 2.75) is 20.3 Å². The first-order valence-corrected chi connectivity index (χ1v) is 3.55. The molecule has 0 saturated heterocycles. The smallest absolute Gasteiger partial charge is 0.317 e. The summed E-state index contributed by atoms with van der Waals surface area (Å²) >= 11 is 0. The Hall–Kier alpha value is -0.570. The molecule has 0 heterocycles. The molecule has 0 fully saturated rings. The second-order valence-electron chi connectivity index (χ2n) is 2.75. The molecule has 0 aromatic carbocycles. The fourth-order valence-corrected chi connectivity index (χ4v) is 0.586. The third-order valence-corrected chi connectivity index (χ3v) is 1.17. The van der Waals surface area contributed by atoms with Crippen molar-refractivity contribution in [3.63, 3.8) is 0 Å². The fraction of sp³-hybridized carbons (Fsp3) is 0.857. The zero-order chi connectivity index (χ0) is 7.98. The Morgan fingerprint density at radius 2 is 2.20 bits per heavy atom. The van der Waals surface area contributed by atoms with Crippen molar-refractivity contribution in [3.8, 4) is 0 Å². The molecule has 2 N–H and O–H groups in total. The summed E-state index contributed by atoms with van der Waals surface area (Å²) in [4.78, 5) is 9.98. The quantitative estimate of drug-likeness (QED) is 0.560. The highest BCUT2D eigenvalue weighted by Gasteiger charge is 1.95. The van der Waals surface area contributed by atoms with E-state index < -0.39 is 5.97 Å². The van der Waals surface area contributed by atoms with Crippen LogP contribution in [0.4, 0.5) is 0 Å². The number of carbonyl (C=O) groups is 1. The highest BCUT2D eigenvalue weighted by atomic mass is 16.4. The lowest BCUT2D eigenvalue weighted by molar-refractivity contribution is -0.135. The van der Waals surface area contributed by atoms with E-state index in [2.05, 4.69) is 19.2 Å². The molecule has 0 amide bonds. The van der Waals surface area contributed by atoms with E-state index in [1.165, 1.54) is 0 Å². The minimum absolute atomic E-state index is 0.0761. The minimum atomic E-state index is -0.788. The van der Waals surface area contributed by atoms with E-state index >= 15 is 0 Å². The van der Waals surface area contributed by atoms with Crippen molar-refractivity contribution in [2.24, 2.45) is 5.92 Å². The van der Waals surface area contributed by atoms with Crippen molar-refractivity contribution in [1.82, 2.24) is 5.32 Å². The Labute approximate surface area is 61.4 Å². The highest BCUT2D eigenvalue weighted by molar-refractivity contribution is 5.68. The second-order valence-corrected chi connectivity index (χ2v) is 2.75. The lowest BCUT2D eigenvalue weighted by atomic mass is 10.1. The molecule has 0 spiro atoms. The molecule has 3 heteroatoms. The van der Waals surface area contributed by atoms with E-state index in [4.69, 9.17) is 5.11 Å². The average molecular weight is 145 g/mol. The Kier molecular flexibility index (Phi) is 4.94. The summed E-state index contributed by atoms with van der Waals surface area (Å²) < 4.78 is 0. The molecule has 60 valence electrons. The monoisotopic (exact) mass is 145 g/mol. The first kappa shape index (κ1) is 9.43. The summed E-state index contributed by atoms with van der Waals surface area (Å²) in [7, 11) is 0. The van der Waals surface area contributed by atoms with Gasteiger partial charge in [-0.1, -0.05) is 13.8 Å². The summed E-state index contributed by atoms with van der Waals surface area (Å²) in [6.45, 7) is 5.10. The van der Waals surface area contributed by atoms with Crippen molar-refractivity contribution in [3.05, 3.63) is 0 Å². The van der Waals surface area contributed by atoms with Crippen LogP contribution in [-0.4, -0.2) is 24.2 Å². The summed E-state index contributed by atoms with van der Waals surface area (Å²) in [6, 6.07) is 0. The van der Waals surface area contributed by atoms with Crippen molar-refractivity contribution in [2.75, 3.05) is 13.1 Å². The van der Waals surface area contributed by atoms with E-state index in [9.17, 15) is 4.79 Å². The predicted octanol–water partition coefficient (Wildman–Crippen LogP) is 0.707. The van der Waals surface area contributed by atoms with Crippen LogP contribution in [0.1, 0.15) is 20.3 Å². The molecular weight excluding hydrogens is 130 g/mol. The van der Waals surface area contributed by atoms with Gasteiger partial charge in [0.2, 0.25) is 0 Å². The molecule has 0 bridgehead atoms. The van der Waals surface area contributed by atoms with Gasteiger partial charge in [-0.25, -0.2) is 0 Å². The first-order chi connectivity index (χ1) is 4.63. The standard InChI is InChI=1S/C7H15NO2/c1-6(2)3-4-8-5-7(9)10/h6,8H,3-5H2,1-2H3,(H,9,10). The third kappa shape index (κ3) is 7.43. The normalized spacial score (nSPS) is 10.3. The van der Waals surface area contributed by atoms with E-state index in [-0.39, 0.29) is 6.54 Å². The minimum Gasteiger partial charge on any atom is -0.480 e. The van der Waals surface area contributed by atoms with Gasteiger partial charge in [0.1, 0.15) is 0 Å². The number of aliphatic carboxylic acids is 1. The lowest BCUT2D eigenvalue weighted by Crippen LogP contribution is -2.24. The predicted molar refractivity (Wildman–Crippen MR) is 40.0 cm³/mol. The van der Waals surface area contributed by atoms with Gasteiger partial charge in [-0.15, -0.1) is 0 Å². The average Bonchev–Trinajstić information content (AvgIpc) is 1.79. The molecular formula is C7H15NO2. The molecule has 10 heavy (non-hydrogen) atoms. The SMILES string of the molecule is CC(C)CCNCC(=O)O. The number of rotatable bonds is 5. The molecule has 0 saturated carbocycles. The Bertz CT molecular complexity index is 102. The van der Waals surface area contributed by atoms with Crippen LogP contribution in [0.25, 0.3) is 0 Å². The topological polar surface area (TPSA) is 49.3 Å². The van der Waals surface area contributed by atoms with Gasteiger partial charge in [-0.05, 0) is 18.9 Å². The molecule has 0 aromatic heterocycles. The summed E-state index contributed by atoms with van der Waals surface area (Å²) in [6.07, 6.45) is 1.04. The first-order valence-electron chi connectivity index (χ1n) is 3.55. The van der Waals surface area contributed by atoms with Gasteiger partial charge < -0.3 is 10.4 Å².